The van der Waals surface area contributed by atoms with Gasteiger partial charge in [-0.25, -0.2) is 0 Å². The third kappa shape index (κ3) is 3.54. The van der Waals surface area contributed by atoms with E-state index in [1.165, 1.54) is 43.2 Å². The van der Waals surface area contributed by atoms with Gasteiger partial charge in [-0.15, -0.1) is 0 Å². The van der Waals surface area contributed by atoms with Crippen LogP contribution in [0.25, 0.3) is 0 Å². The second-order valence-corrected chi connectivity index (χ2v) is 6.58. The molecule has 3 rings (SSSR count). The fraction of sp³-hybridized carbons (Fsp3) is 0.667. The highest BCUT2D eigenvalue weighted by Gasteiger charge is 2.35. The van der Waals surface area contributed by atoms with Crippen molar-refractivity contribution in [1.29, 1.82) is 0 Å². The molecule has 0 aliphatic heterocycles. The molecule has 0 radical (unpaired) electrons. The molecule has 0 bridgehead atoms. The molecule has 0 heterocycles. The molecule has 0 amide bonds. The smallest absolute Gasteiger partial charge is 0.115 e. The van der Waals surface area contributed by atoms with Gasteiger partial charge in [-0.05, 0) is 73.6 Å². The highest BCUT2D eigenvalue weighted by atomic mass is 16.3. The molecule has 2 atom stereocenters. The van der Waals surface area contributed by atoms with Crippen molar-refractivity contribution in [2.75, 3.05) is 0 Å². The average Bonchev–Trinajstić information content (AvgIpc) is 2.80. The molecule has 2 N–H and O–H groups in total. The number of hydrogen-bond donors (Lipinski definition) is 2. The molecule has 0 saturated heterocycles. The first-order chi connectivity index (χ1) is 9.55. The number of benzene rings is 1. The maximum atomic E-state index is 9.45. The average molecular weight is 276 g/mol. The summed E-state index contributed by atoms with van der Waals surface area (Å²) in [5.41, 5.74) is 3.02. The summed E-state index contributed by atoms with van der Waals surface area (Å²) in [4.78, 5) is 0. The van der Waals surface area contributed by atoms with Crippen LogP contribution in [0.15, 0.2) is 18.2 Å². The molecule has 1 fully saturated rings. The highest BCUT2D eigenvalue weighted by molar-refractivity contribution is 5.36. The fourth-order valence-corrected chi connectivity index (χ4v) is 3.35. The number of aromatic hydroxyl groups is 1. The quantitative estimate of drug-likeness (QED) is 0.806. The molecule has 1 saturated carbocycles. The zero-order valence-corrected chi connectivity index (χ0v) is 12.9. The lowest BCUT2D eigenvalue weighted by molar-refractivity contribution is 0.0634. The number of rotatable bonds is 1. The minimum atomic E-state index is -0.0255. The summed E-state index contributed by atoms with van der Waals surface area (Å²) in [6.45, 7) is 4.35. The van der Waals surface area contributed by atoms with Gasteiger partial charge >= 0.3 is 0 Å². The van der Waals surface area contributed by atoms with Gasteiger partial charge < -0.3 is 10.2 Å². The third-order valence-electron chi connectivity index (χ3n) is 5.17. The van der Waals surface area contributed by atoms with E-state index in [1.54, 1.807) is 6.07 Å². The highest BCUT2D eigenvalue weighted by Crippen LogP contribution is 2.40. The van der Waals surface area contributed by atoms with E-state index in [1.807, 2.05) is 12.1 Å². The number of aliphatic hydroxyl groups excluding tert-OH is 1. The van der Waals surface area contributed by atoms with Crippen molar-refractivity contribution in [1.82, 2.24) is 0 Å². The van der Waals surface area contributed by atoms with Crippen molar-refractivity contribution >= 4 is 0 Å². The van der Waals surface area contributed by atoms with Gasteiger partial charge in [0.2, 0.25) is 0 Å². The van der Waals surface area contributed by atoms with Gasteiger partial charge in [-0.3, -0.25) is 0 Å². The normalized spacial score (nSPS) is 28.4. The predicted octanol–water partition coefficient (Wildman–Crippen LogP) is 4.22. The monoisotopic (exact) mass is 276 g/mol. The minimum Gasteiger partial charge on any atom is -0.508 e. The van der Waals surface area contributed by atoms with Crippen LogP contribution in [0.2, 0.25) is 0 Å². The number of aryl methyl sites for hydroxylation is 2. The molecule has 1 aromatic rings. The zero-order chi connectivity index (χ0) is 14.6. The second kappa shape index (κ2) is 6.62. The molecule has 0 spiro atoms. The number of phenols is 1. The summed E-state index contributed by atoms with van der Waals surface area (Å²) in [7, 11) is 0. The lowest BCUT2D eigenvalue weighted by Crippen LogP contribution is -2.24. The lowest BCUT2D eigenvalue weighted by atomic mass is 9.84. The number of hydrogen-bond acceptors (Lipinski definition) is 2. The van der Waals surface area contributed by atoms with Gasteiger partial charge in [0.1, 0.15) is 5.75 Å². The number of fused-ring (bicyclic) bond motifs is 1. The Morgan fingerprint density at radius 1 is 1.15 bits per heavy atom. The van der Waals surface area contributed by atoms with Crippen molar-refractivity contribution < 1.29 is 10.2 Å². The SMILES string of the molecule is CC[C@@]1(C)CCCC1O.Oc1ccc2c(c1)CCCC2. The third-order valence-corrected chi connectivity index (χ3v) is 5.17. The van der Waals surface area contributed by atoms with Gasteiger partial charge in [-0.2, -0.15) is 0 Å². The summed E-state index contributed by atoms with van der Waals surface area (Å²) < 4.78 is 0. The molecule has 1 aromatic carbocycles. The Bertz CT molecular complexity index is 441. The van der Waals surface area contributed by atoms with Gasteiger partial charge in [0, 0.05) is 0 Å². The molecule has 20 heavy (non-hydrogen) atoms. The summed E-state index contributed by atoms with van der Waals surface area (Å²) >= 11 is 0. The number of aliphatic hydroxyl groups is 1. The van der Waals surface area contributed by atoms with E-state index in [4.69, 9.17) is 0 Å². The Hall–Kier alpha value is -1.02. The van der Waals surface area contributed by atoms with Gasteiger partial charge in [0.15, 0.2) is 0 Å². The summed E-state index contributed by atoms with van der Waals surface area (Å²) in [5, 5.41) is 18.6. The van der Waals surface area contributed by atoms with E-state index < -0.39 is 0 Å². The van der Waals surface area contributed by atoms with E-state index in [2.05, 4.69) is 13.8 Å². The molecular formula is C18H28O2. The van der Waals surface area contributed by atoms with Crippen LogP contribution < -0.4 is 0 Å². The molecule has 0 aromatic heterocycles. The van der Waals surface area contributed by atoms with E-state index in [-0.39, 0.29) is 11.5 Å². The van der Waals surface area contributed by atoms with Crippen LogP contribution in [-0.4, -0.2) is 16.3 Å². The first-order valence-electron chi connectivity index (χ1n) is 8.04. The molecule has 2 heteroatoms. The lowest BCUT2D eigenvalue weighted by Gasteiger charge is -2.25. The summed E-state index contributed by atoms with van der Waals surface area (Å²) in [6, 6.07) is 5.72. The van der Waals surface area contributed by atoms with Gasteiger partial charge in [-0.1, -0.05) is 26.3 Å². The van der Waals surface area contributed by atoms with E-state index >= 15 is 0 Å². The van der Waals surface area contributed by atoms with Crippen molar-refractivity contribution in [3.05, 3.63) is 29.3 Å². The molecule has 1 unspecified atom stereocenters. The Labute approximate surface area is 122 Å². The first kappa shape index (κ1) is 15.4. The van der Waals surface area contributed by atoms with E-state index in [0.29, 0.717) is 5.75 Å². The summed E-state index contributed by atoms with van der Waals surface area (Å²) in [5.74, 6) is 0.408. The van der Waals surface area contributed by atoms with Crippen LogP contribution >= 0.6 is 0 Å². The Morgan fingerprint density at radius 3 is 2.40 bits per heavy atom. The van der Waals surface area contributed by atoms with Crippen LogP contribution in [0, 0.1) is 5.41 Å². The largest absolute Gasteiger partial charge is 0.508 e. The van der Waals surface area contributed by atoms with Crippen molar-refractivity contribution in [3.8, 4) is 5.75 Å². The first-order valence-corrected chi connectivity index (χ1v) is 8.04. The van der Waals surface area contributed by atoms with Crippen molar-refractivity contribution in [2.45, 2.75) is 71.3 Å². The Morgan fingerprint density at radius 2 is 1.85 bits per heavy atom. The maximum absolute atomic E-state index is 9.45. The molecule has 112 valence electrons. The van der Waals surface area contributed by atoms with Crippen LogP contribution in [0.5, 0.6) is 5.75 Å². The standard InChI is InChI=1S/C10H12O.C8H16O/c11-10-6-5-8-3-1-2-4-9(8)7-10;1-3-8(2)6-4-5-7(8)9/h5-7,11H,1-4H2;7,9H,3-6H2,1-2H3/t;7?,8-/m.0/s1. The molecule has 2 aliphatic rings. The van der Waals surface area contributed by atoms with Crippen LogP contribution in [-0.2, 0) is 12.8 Å². The molecule has 2 nitrogen and oxygen atoms in total. The predicted molar refractivity (Wildman–Crippen MR) is 83.0 cm³/mol. The maximum Gasteiger partial charge on any atom is 0.115 e. The minimum absolute atomic E-state index is 0.0255. The molecule has 2 aliphatic carbocycles. The topological polar surface area (TPSA) is 40.5 Å². The molecular weight excluding hydrogens is 248 g/mol. The Kier molecular flexibility index (Phi) is 5.09. The number of phenolic OH excluding ortho intramolecular Hbond substituents is 1. The van der Waals surface area contributed by atoms with E-state index in [9.17, 15) is 10.2 Å². The van der Waals surface area contributed by atoms with Crippen molar-refractivity contribution in [3.63, 3.8) is 0 Å². The van der Waals surface area contributed by atoms with Crippen LogP contribution in [0.3, 0.4) is 0 Å². The van der Waals surface area contributed by atoms with Crippen LogP contribution in [0.4, 0.5) is 0 Å². The van der Waals surface area contributed by atoms with Gasteiger partial charge in [0.05, 0.1) is 6.10 Å². The van der Waals surface area contributed by atoms with E-state index in [0.717, 1.165) is 19.3 Å². The Balaban J connectivity index is 0.000000151. The zero-order valence-electron chi connectivity index (χ0n) is 12.9. The van der Waals surface area contributed by atoms with Gasteiger partial charge in [0.25, 0.3) is 0 Å². The second-order valence-electron chi connectivity index (χ2n) is 6.58. The van der Waals surface area contributed by atoms with Crippen LogP contribution in [0.1, 0.15) is 63.5 Å². The van der Waals surface area contributed by atoms with Crippen molar-refractivity contribution in [2.24, 2.45) is 5.41 Å². The fourth-order valence-electron chi connectivity index (χ4n) is 3.35. The summed E-state index contributed by atoms with van der Waals surface area (Å²) in [6.07, 6.45) is 9.45.